The summed E-state index contributed by atoms with van der Waals surface area (Å²) in [5, 5.41) is 2.52. The van der Waals surface area contributed by atoms with Gasteiger partial charge in [-0.05, 0) is 62.7 Å². The molecule has 3 rings (SSSR count). The SMILES string of the molecule is CC[C@@H](C)NC(=O)[C@H](C)N(Cc1c(Cl)cccc1Cl)C(=O)CN(c1ccc(Cl)c(C(F)(F)F)c1)S(=O)(=O)c1ccccc1. The van der Waals surface area contributed by atoms with E-state index in [0.717, 1.165) is 17.0 Å². The van der Waals surface area contributed by atoms with Gasteiger partial charge < -0.3 is 10.2 Å². The molecule has 0 unspecified atom stereocenters. The first-order valence-electron chi connectivity index (χ1n) is 13.0. The molecule has 0 aliphatic heterocycles. The highest BCUT2D eigenvalue weighted by Gasteiger charge is 2.37. The van der Waals surface area contributed by atoms with Crippen molar-refractivity contribution < 1.29 is 31.2 Å². The van der Waals surface area contributed by atoms with Gasteiger partial charge >= 0.3 is 6.18 Å². The highest BCUT2D eigenvalue weighted by molar-refractivity contribution is 7.92. The third kappa shape index (κ3) is 8.35. The molecule has 0 spiro atoms. The number of nitrogens with one attached hydrogen (secondary N) is 1. The fraction of sp³-hybridized carbons (Fsp3) is 0.310. The van der Waals surface area contributed by atoms with Crippen molar-refractivity contribution in [1.82, 2.24) is 10.2 Å². The standard InChI is InChI=1S/C29H29Cl3F3N3O4S/c1-4-18(2)36-28(40)19(3)37(16-22-24(30)11-8-12-25(22)31)27(39)17-38(43(41,42)21-9-6-5-7-10-21)20-13-14-26(32)23(15-20)29(33,34)35/h5-15,18-19H,4,16-17H2,1-3H3,(H,36,40)/t18-,19+/m1/s1. The minimum Gasteiger partial charge on any atom is -0.352 e. The first-order valence-corrected chi connectivity index (χ1v) is 15.6. The number of rotatable bonds is 11. The van der Waals surface area contributed by atoms with E-state index in [4.69, 9.17) is 34.8 Å². The first kappa shape index (κ1) is 34.5. The molecule has 7 nitrogen and oxygen atoms in total. The van der Waals surface area contributed by atoms with Crippen LogP contribution in [0, 0.1) is 0 Å². The number of nitrogens with zero attached hydrogens (tertiary/aromatic N) is 2. The second-order valence-corrected chi connectivity index (χ2v) is 12.8. The number of amides is 2. The molecule has 43 heavy (non-hydrogen) atoms. The Morgan fingerprint density at radius 2 is 1.51 bits per heavy atom. The van der Waals surface area contributed by atoms with E-state index in [-0.39, 0.29) is 27.5 Å². The number of halogens is 6. The molecule has 0 bridgehead atoms. The van der Waals surface area contributed by atoms with Crippen LogP contribution in [-0.2, 0) is 32.3 Å². The predicted molar refractivity (Wildman–Crippen MR) is 162 cm³/mol. The second-order valence-electron chi connectivity index (χ2n) is 9.70. The summed E-state index contributed by atoms with van der Waals surface area (Å²) in [5.74, 6) is -1.43. The summed E-state index contributed by atoms with van der Waals surface area (Å²) in [7, 11) is -4.59. The van der Waals surface area contributed by atoms with Gasteiger partial charge in [-0.2, -0.15) is 13.2 Å². The zero-order valence-corrected chi connectivity index (χ0v) is 26.4. The van der Waals surface area contributed by atoms with Crippen LogP contribution < -0.4 is 9.62 Å². The van der Waals surface area contributed by atoms with E-state index in [9.17, 15) is 31.2 Å². The van der Waals surface area contributed by atoms with Crippen LogP contribution in [0.5, 0.6) is 0 Å². The van der Waals surface area contributed by atoms with Crippen LogP contribution in [-0.4, -0.2) is 43.8 Å². The molecule has 3 aromatic carbocycles. The Labute approximate surface area is 263 Å². The summed E-state index contributed by atoms with van der Waals surface area (Å²) in [6.07, 6.45) is -4.31. The van der Waals surface area contributed by atoms with Gasteiger partial charge in [0.1, 0.15) is 12.6 Å². The van der Waals surface area contributed by atoms with Crippen LogP contribution >= 0.6 is 34.8 Å². The van der Waals surface area contributed by atoms with E-state index in [2.05, 4.69) is 5.32 Å². The molecule has 0 saturated carbocycles. The Balaban J connectivity index is 2.14. The fourth-order valence-corrected chi connectivity index (χ4v) is 6.20. The summed E-state index contributed by atoms with van der Waals surface area (Å²) in [6, 6.07) is 12.7. The van der Waals surface area contributed by atoms with Gasteiger partial charge in [-0.15, -0.1) is 0 Å². The molecule has 0 aliphatic rings. The molecule has 232 valence electrons. The van der Waals surface area contributed by atoms with Crippen LogP contribution in [0.2, 0.25) is 15.1 Å². The third-order valence-corrected chi connectivity index (χ3v) is 9.54. The molecule has 0 radical (unpaired) electrons. The van der Waals surface area contributed by atoms with Gasteiger partial charge in [0.05, 0.1) is 21.2 Å². The molecule has 1 N–H and O–H groups in total. The molecule has 0 heterocycles. The van der Waals surface area contributed by atoms with Crippen LogP contribution in [0.25, 0.3) is 0 Å². The van der Waals surface area contributed by atoms with Gasteiger partial charge in [-0.3, -0.25) is 13.9 Å². The number of carbonyl (C=O) groups is 2. The Morgan fingerprint density at radius 1 is 0.907 bits per heavy atom. The predicted octanol–water partition coefficient (Wildman–Crippen LogP) is 7.19. The van der Waals surface area contributed by atoms with Gasteiger partial charge in [0.15, 0.2) is 0 Å². The van der Waals surface area contributed by atoms with Crippen molar-refractivity contribution in [2.75, 3.05) is 10.8 Å². The number of hydrogen-bond donors (Lipinski definition) is 1. The lowest BCUT2D eigenvalue weighted by molar-refractivity contribution is -0.139. The lowest BCUT2D eigenvalue weighted by Crippen LogP contribution is -2.52. The second kappa shape index (κ2) is 14.2. The van der Waals surface area contributed by atoms with E-state index < -0.39 is 56.9 Å². The van der Waals surface area contributed by atoms with Crippen molar-refractivity contribution in [2.45, 2.75) is 56.9 Å². The number of sulfonamides is 1. The molecule has 0 aromatic heterocycles. The molecule has 0 aliphatic carbocycles. The Hall–Kier alpha value is -2.99. The minimum atomic E-state index is -4.91. The summed E-state index contributed by atoms with van der Waals surface area (Å²) >= 11 is 18.5. The maximum Gasteiger partial charge on any atom is 0.417 e. The third-order valence-electron chi connectivity index (χ3n) is 6.71. The smallest absolute Gasteiger partial charge is 0.352 e. The molecule has 2 amide bonds. The van der Waals surface area contributed by atoms with Crippen LogP contribution in [0.4, 0.5) is 18.9 Å². The molecule has 2 atom stereocenters. The number of hydrogen-bond acceptors (Lipinski definition) is 4. The topological polar surface area (TPSA) is 86.8 Å². The lowest BCUT2D eigenvalue weighted by atomic mass is 10.1. The highest BCUT2D eigenvalue weighted by Crippen LogP contribution is 2.38. The average molecular weight is 679 g/mol. The van der Waals surface area contributed by atoms with Crippen molar-refractivity contribution in [2.24, 2.45) is 0 Å². The van der Waals surface area contributed by atoms with E-state index in [1.165, 1.54) is 43.3 Å². The molecular formula is C29H29Cl3F3N3O4S. The number of anilines is 1. The van der Waals surface area contributed by atoms with Crippen molar-refractivity contribution >= 4 is 62.3 Å². The monoisotopic (exact) mass is 677 g/mol. The summed E-state index contributed by atoms with van der Waals surface area (Å²) in [5.41, 5.74) is -1.44. The maximum atomic E-state index is 14.0. The number of benzene rings is 3. The van der Waals surface area contributed by atoms with Crippen molar-refractivity contribution in [3.8, 4) is 0 Å². The van der Waals surface area contributed by atoms with Crippen molar-refractivity contribution in [3.63, 3.8) is 0 Å². The summed E-state index contributed by atoms with van der Waals surface area (Å²) in [4.78, 5) is 27.9. The van der Waals surface area contributed by atoms with E-state index in [1.54, 1.807) is 19.1 Å². The fourth-order valence-electron chi connectivity index (χ4n) is 4.04. The van der Waals surface area contributed by atoms with Crippen LogP contribution in [0.3, 0.4) is 0 Å². The number of carbonyl (C=O) groups excluding carboxylic acids is 2. The molecule has 3 aromatic rings. The van der Waals surface area contributed by atoms with E-state index in [1.807, 2.05) is 6.92 Å². The molecule has 0 saturated heterocycles. The molecule has 0 fully saturated rings. The lowest BCUT2D eigenvalue weighted by Gasteiger charge is -2.33. The number of alkyl halides is 3. The summed E-state index contributed by atoms with van der Waals surface area (Å²) < 4.78 is 69.4. The van der Waals surface area contributed by atoms with Gasteiger partial charge in [0.25, 0.3) is 10.0 Å². The molecule has 14 heteroatoms. The zero-order valence-electron chi connectivity index (χ0n) is 23.3. The quantitative estimate of drug-likeness (QED) is 0.233. The normalized spacial score (nSPS) is 13.2. The van der Waals surface area contributed by atoms with Crippen LogP contribution in [0.15, 0.2) is 71.6 Å². The van der Waals surface area contributed by atoms with Gasteiger partial charge in [-0.1, -0.05) is 66.0 Å². The Morgan fingerprint density at radius 3 is 2.07 bits per heavy atom. The first-order chi connectivity index (χ1) is 20.1. The van der Waals surface area contributed by atoms with Crippen molar-refractivity contribution in [3.05, 3.63) is 92.9 Å². The summed E-state index contributed by atoms with van der Waals surface area (Å²) in [6.45, 7) is 3.82. The average Bonchev–Trinajstić information content (AvgIpc) is 2.95. The van der Waals surface area contributed by atoms with E-state index >= 15 is 0 Å². The Kier molecular flexibility index (Phi) is 11.4. The highest BCUT2D eigenvalue weighted by atomic mass is 35.5. The van der Waals surface area contributed by atoms with Gasteiger partial charge in [-0.25, -0.2) is 8.42 Å². The maximum absolute atomic E-state index is 14.0. The largest absolute Gasteiger partial charge is 0.417 e. The van der Waals surface area contributed by atoms with Gasteiger partial charge in [0.2, 0.25) is 11.8 Å². The Bertz CT molecular complexity index is 1550. The zero-order chi connectivity index (χ0) is 32.1. The van der Waals surface area contributed by atoms with Gasteiger partial charge in [0, 0.05) is 28.2 Å². The van der Waals surface area contributed by atoms with Crippen LogP contribution in [0.1, 0.15) is 38.3 Å². The van der Waals surface area contributed by atoms with Crippen molar-refractivity contribution in [1.29, 1.82) is 0 Å². The molecular weight excluding hydrogens is 650 g/mol. The minimum absolute atomic E-state index is 0.195. The van der Waals surface area contributed by atoms with E-state index in [0.29, 0.717) is 22.4 Å².